The number of rotatable bonds is 2. The summed E-state index contributed by atoms with van der Waals surface area (Å²) in [4.78, 5) is 0. The summed E-state index contributed by atoms with van der Waals surface area (Å²) in [7, 11) is 0. The fourth-order valence-electron chi connectivity index (χ4n) is 2.63. The second-order valence-corrected chi connectivity index (χ2v) is 5.54. The molecule has 2 aromatic rings. The van der Waals surface area contributed by atoms with E-state index in [1.54, 1.807) is 0 Å². The quantitative estimate of drug-likeness (QED) is 0.657. The Kier molecular flexibility index (Phi) is 3.56. The zero-order valence-corrected chi connectivity index (χ0v) is 12.0. The van der Waals surface area contributed by atoms with E-state index >= 15 is 0 Å². The van der Waals surface area contributed by atoms with Crippen molar-refractivity contribution < 1.29 is 0 Å². The Morgan fingerprint density at radius 2 is 1.50 bits per heavy atom. The lowest BCUT2D eigenvalue weighted by Crippen LogP contribution is -1.93. The maximum Gasteiger partial charge on any atom is -0.0154 e. The van der Waals surface area contributed by atoms with E-state index in [4.69, 9.17) is 0 Å². The van der Waals surface area contributed by atoms with Crippen LogP contribution in [0.2, 0.25) is 0 Å². The van der Waals surface area contributed by atoms with E-state index in [0.717, 1.165) is 0 Å². The Bertz CT molecular complexity index is 562. The van der Waals surface area contributed by atoms with Crippen LogP contribution in [0.5, 0.6) is 0 Å². The smallest absolute Gasteiger partial charge is 0.0154 e. The maximum atomic E-state index is 2.31. The van der Waals surface area contributed by atoms with Gasteiger partial charge in [-0.25, -0.2) is 0 Å². The molecule has 2 rings (SSSR count). The van der Waals surface area contributed by atoms with Crippen molar-refractivity contribution in [2.75, 3.05) is 0 Å². The van der Waals surface area contributed by atoms with Crippen LogP contribution in [0.15, 0.2) is 36.4 Å². The summed E-state index contributed by atoms with van der Waals surface area (Å²) in [5.41, 5.74) is 8.19. The molecule has 2 aromatic carbocycles. The summed E-state index contributed by atoms with van der Waals surface area (Å²) >= 11 is 0. The standard InChI is InChI=1S/C18H22/c1-12(2)17-9-7-16(11-15(17)5)18-8-6-13(3)10-14(18)4/h6-12H,1-5H3. The number of benzene rings is 2. The molecule has 0 spiro atoms. The van der Waals surface area contributed by atoms with E-state index < -0.39 is 0 Å². The molecule has 0 unspecified atom stereocenters. The summed E-state index contributed by atoms with van der Waals surface area (Å²) in [6.07, 6.45) is 0. The molecule has 0 heteroatoms. The highest BCUT2D eigenvalue weighted by Gasteiger charge is 2.07. The molecule has 0 heterocycles. The van der Waals surface area contributed by atoms with Crippen molar-refractivity contribution in [1.82, 2.24) is 0 Å². The fraction of sp³-hybridized carbons (Fsp3) is 0.333. The van der Waals surface area contributed by atoms with E-state index in [1.165, 1.54) is 33.4 Å². The second kappa shape index (κ2) is 4.97. The third-order valence-electron chi connectivity index (χ3n) is 3.58. The highest BCUT2D eigenvalue weighted by Crippen LogP contribution is 2.28. The Balaban J connectivity index is 2.49. The van der Waals surface area contributed by atoms with Gasteiger partial charge in [0, 0.05) is 0 Å². The molecule has 0 aliphatic heterocycles. The minimum Gasteiger partial charge on any atom is -0.0587 e. The topological polar surface area (TPSA) is 0 Å². The summed E-state index contributed by atoms with van der Waals surface area (Å²) in [5.74, 6) is 0.596. The molecule has 0 radical (unpaired) electrons. The first kappa shape index (κ1) is 12.9. The average Bonchev–Trinajstić information content (AvgIpc) is 2.28. The molecule has 0 saturated carbocycles. The van der Waals surface area contributed by atoms with Crippen LogP contribution >= 0.6 is 0 Å². The normalized spacial score (nSPS) is 11.0. The van der Waals surface area contributed by atoms with E-state index in [-0.39, 0.29) is 0 Å². The first-order valence-corrected chi connectivity index (χ1v) is 6.67. The van der Waals surface area contributed by atoms with Crippen LogP contribution in [0.1, 0.15) is 42.0 Å². The van der Waals surface area contributed by atoms with Gasteiger partial charge < -0.3 is 0 Å². The SMILES string of the molecule is Cc1ccc(-c2ccc(C(C)C)c(C)c2)c(C)c1. The van der Waals surface area contributed by atoms with Crippen molar-refractivity contribution in [3.8, 4) is 11.1 Å². The zero-order valence-electron chi connectivity index (χ0n) is 12.0. The van der Waals surface area contributed by atoms with Gasteiger partial charge in [-0.3, -0.25) is 0 Å². The van der Waals surface area contributed by atoms with E-state index in [9.17, 15) is 0 Å². The zero-order chi connectivity index (χ0) is 13.3. The minimum atomic E-state index is 0.596. The number of aryl methyl sites for hydroxylation is 3. The first-order chi connectivity index (χ1) is 8.49. The first-order valence-electron chi connectivity index (χ1n) is 6.67. The van der Waals surface area contributed by atoms with Gasteiger partial charge in [-0.2, -0.15) is 0 Å². The van der Waals surface area contributed by atoms with Crippen molar-refractivity contribution in [2.45, 2.75) is 40.5 Å². The minimum absolute atomic E-state index is 0.596. The molecule has 18 heavy (non-hydrogen) atoms. The lowest BCUT2D eigenvalue weighted by molar-refractivity contribution is 0.857. The Morgan fingerprint density at radius 3 is 2.06 bits per heavy atom. The van der Waals surface area contributed by atoms with Gasteiger partial charge in [0.05, 0.1) is 0 Å². The summed E-state index contributed by atoms with van der Waals surface area (Å²) < 4.78 is 0. The third-order valence-corrected chi connectivity index (χ3v) is 3.58. The number of hydrogen-bond acceptors (Lipinski definition) is 0. The van der Waals surface area contributed by atoms with Crippen molar-refractivity contribution in [3.63, 3.8) is 0 Å². The highest BCUT2D eigenvalue weighted by atomic mass is 14.1. The van der Waals surface area contributed by atoms with Gasteiger partial charge in [0.15, 0.2) is 0 Å². The van der Waals surface area contributed by atoms with Gasteiger partial charge in [-0.05, 0) is 54.5 Å². The van der Waals surface area contributed by atoms with E-state index in [0.29, 0.717) is 5.92 Å². The molecular weight excluding hydrogens is 216 g/mol. The van der Waals surface area contributed by atoms with Gasteiger partial charge in [0.2, 0.25) is 0 Å². The van der Waals surface area contributed by atoms with Gasteiger partial charge >= 0.3 is 0 Å². The lowest BCUT2D eigenvalue weighted by atomic mass is 9.92. The van der Waals surface area contributed by atoms with Crippen LogP contribution in [-0.4, -0.2) is 0 Å². The maximum absolute atomic E-state index is 2.31. The highest BCUT2D eigenvalue weighted by molar-refractivity contribution is 5.68. The molecule has 0 nitrogen and oxygen atoms in total. The van der Waals surface area contributed by atoms with Gasteiger partial charge in [-0.1, -0.05) is 55.8 Å². The van der Waals surface area contributed by atoms with Crippen molar-refractivity contribution in [1.29, 1.82) is 0 Å². The summed E-state index contributed by atoms with van der Waals surface area (Å²) in [5, 5.41) is 0. The molecule has 0 saturated heterocycles. The molecule has 0 N–H and O–H groups in total. The Hall–Kier alpha value is -1.56. The van der Waals surface area contributed by atoms with E-state index in [1.807, 2.05) is 0 Å². The molecule has 0 fully saturated rings. The molecule has 0 aliphatic carbocycles. The lowest BCUT2D eigenvalue weighted by Gasteiger charge is -2.13. The van der Waals surface area contributed by atoms with Crippen LogP contribution in [0.3, 0.4) is 0 Å². The van der Waals surface area contributed by atoms with Gasteiger partial charge in [0.1, 0.15) is 0 Å². The van der Waals surface area contributed by atoms with Crippen molar-refractivity contribution in [3.05, 3.63) is 58.7 Å². The van der Waals surface area contributed by atoms with Crippen LogP contribution in [0, 0.1) is 20.8 Å². The molecule has 0 aromatic heterocycles. The molecular formula is C18H22. The van der Waals surface area contributed by atoms with E-state index in [2.05, 4.69) is 71.0 Å². The van der Waals surface area contributed by atoms with Crippen molar-refractivity contribution >= 4 is 0 Å². The third kappa shape index (κ3) is 2.48. The summed E-state index contributed by atoms with van der Waals surface area (Å²) in [6.45, 7) is 11.0. The molecule has 0 atom stereocenters. The largest absolute Gasteiger partial charge is 0.0587 e. The van der Waals surface area contributed by atoms with Crippen LogP contribution in [-0.2, 0) is 0 Å². The van der Waals surface area contributed by atoms with Crippen LogP contribution in [0.25, 0.3) is 11.1 Å². The monoisotopic (exact) mass is 238 g/mol. The summed E-state index contributed by atoms with van der Waals surface area (Å²) in [6, 6.07) is 13.5. The van der Waals surface area contributed by atoms with Gasteiger partial charge in [0.25, 0.3) is 0 Å². The predicted molar refractivity (Wildman–Crippen MR) is 80.2 cm³/mol. The van der Waals surface area contributed by atoms with Crippen LogP contribution < -0.4 is 0 Å². The van der Waals surface area contributed by atoms with Crippen LogP contribution in [0.4, 0.5) is 0 Å². The second-order valence-electron chi connectivity index (χ2n) is 5.54. The molecule has 0 amide bonds. The predicted octanol–water partition coefficient (Wildman–Crippen LogP) is 5.40. The average molecular weight is 238 g/mol. The van der Waals surface area contributed by atoms with Crippen molar-refractivity contribution in [2.24, 2.45) is 0 Å². The molecule has 0 aliphatic rings. The Labute approximate surface area is 111 Å². The van der Waals surface area contributed by atoms with Gasteiger partial charge in [-0.15, -0.1) is 0 Å². The molecule has 0 bridgehead atoms. The fourth-order valence-corrected chi connectivity index (χ4v) is 2.63. The Morgan fingerprint density at radius 1 is 0.778 bits per heavy atom. The molecule has 94 valence electrons. The number of hydrogen-bond donors (Lipinski definition) is 0.